The molecule has 0 aliphatic rings. The molecule has 0 aromatic rings. The van der Waals surface area contributed by atoms with Crippen LogP contribution in [-0.4, -0.2) is 35.8 Å². The molecule has 0 aliphatic heterocycles. The zero-order valence-corrected chi connectivity index (χ0v) is 25.6. The first-order valence-corrected chi connectivity index (χ1v) is 3.20. The first kappa shape index (κ1) is 56.8. The summed E-state index contributed by atoms with van der Waals surface area (Å²) in [6.07, 6.45) is 0. The molecule has 0 spiro atoms. The SMILES string of the molecule is O=C([O-])C(=O)[O-].O=C([O-])C(=O)[O-].O=C([O-])C(=O)[O-].[Eu].[Eu].[Gd+3].[Gd+3].[Y].[Y]. The van der Waals surface area contributed by atoms with E-state index in [4.69, 9.17) is 59.4 Å². The Kier molecular flexibility index (Phi) is 91.0. The number of carboxylic acids is 6. The summed E-state index contributed by atoms with van der Waals surface area (Å²) in [6, 6.07) is 0. The van der Waals surface area contributed by atoms with Crippen molar-refractivity contribution in [2.75, 3.05) is 0 Å². The maximum absolute atomic E-state index is 8.93. The van der Waals surface area contributed by atoms with Crippen molar-refractivity contribution >= 4 is 35.8 Å². The van der Waals surface area contributed by atoms with Crippen molar-refractivity contribution in [2.45, 2.75) is 0 Å². The molecule has 0 N–H and O–H groups in total. The van der Waals surface area contributed by atoms with Crippen molar-refractivity contribution in [2.24, 2.45) is 0 Å². The molecular weight excluding hydrogens is 1060 g/mol. The summed E-state index contributed by atoms with van der Waals surface area (Å²) in [4.78, 5) is 53.6. The van der Waals surface area contributed by atoms with Gasteiger partial charge in [-0.3, -0.25) is 0 Å². The predicted molar refractivity (Wildman–Crippen MR) is 30.0 cm³/mol. The number of aliphatic carboxylic acids is 6. The molecule has 18 heteroatoms. The molecule has 12 nitrogen and oxygen atoms in total. The summed E-state index contributed by atoms with van der Waals surface area (Å²) in [7, 11) is 0. The largest absolute Gasteiger partial charge is 3.00 e. The summed E-state index contributed by atoms with van der Waals surface area (Å²) in [6.45, 7) is 0. The summed E-state index contributed by atoms with van der Waals surface area (Å²) in [5.41, 5.74) is 0. The van der Waals surface area contributed by atoms with Crippen LogP contribution in [-0.2, 0) is 94.2 Å². The van der Waals surface area contributed by atoms with E-state index < -0.39 is 35.8 Å². The minimum atomic E-state index is -2.19. The average molecular weight is 1060 g/mol. The number of carbonyl (C=O) groups excluding carboxylic acids is 6. The van der Waals surface area contributed by atoms with E-state index >= 15 is 0 Å². The van der Waals surface area contributed by atoms with Crippen LogP contribution in [0.2, 0.25) is 0 Å². The molecule has 0 rings (SSSR count). The van der Waals surface area contributed by atoms with Crippen molar-refractivity contribution in [3.63, 3.8) is 0 Å². The van der Waals surface area contributed by atoms with Gasteiger partial charge in [0.05, 0.1) is 35.8 Å². The van der Waals surface area contributed by atoms with E-state index in [1.54, 1.807) is 0 Å². The Labute approximate surface area is 330 Å². The Morgan fingerprint density at radius 1 is 0.375 bits per heavy atom. The van der Waals surface area contributed by atoms with Gasteiger partial charge >= 0.3 is 79.9 Å². The number of carboxylic acid groups (broad SMARTS) is 6. The normalized spacial score (nSPS) is 5.50. The molecule has 0 aromatic carbocycles. The molecule has 0 aromatic heterocycles. The maximum atomic E-state index is 8.93. The predicted octanol–water partition coefficient (Wildman–Crippen LogP) is -10.5. The number of carbonyl (C=O) groups is 6. The molecule has 0 unspecified atom stereocenters. The molecule has 0 amide bonds. The van der Waals surface area contributed by atoms with Gasteiger partial charge in [-0.25, -0.2) is 0 Å². The topological polar surface area (TPSA) is 241 Å². The van der Waals surface area contributed by atoms with E-state index in [2.05, 4.69) is 0 Å². The Morgan fingerprint density at radius 3 is 0.417 bits per heavy atom. The third-order valence-corrected chi connectivity index (χ3v) is 0.500. The molecule has 0 saturated heterocycles. The van der Waals surface area contributed by atoms with Gasteiger partial charge in [0.25, 0.3) is 0 Å². The summed E-state index contributed by atoms with van der Waals surface area (Å²) in [5.74, 6) is -13.1. The quantitative estimate of drug-likeness (QED) is 0.206. The minimum Gasteiger partial charge on any atom is -0.543 e. The van der Waals surface area contributed by atoms with Gasteiger partial charge < -0.3 is 59.4 Å². The summed E-state index contributed by atoms with van der Waals surface area (Å²) in [5, 5.41) is 53.6. The molecule has 6 radical (unpaired) electrons. The molecule has 0 saturated carbocycles. The summed E-state index contributed by atoms with van der Waals surface area (Å²) < 4.78 is 0. The first-order chi connectivity index (χ1) is 7.93. The second-order valence-corrected chi connectivity index (χ2v) is 1.72. The van der Waals surface area contributed by atoms with Crippen LogP contribution < -0.4 is 30.6 Å². The standard InChI is InChI=1S/3C2H2O4.2Eu.2Gd.2Y/c3*3-1(4)2(5)6;;;;;;/h3*(H,3,4)(H,5,6);;;;;;/q;;;;;2*+3;;/p-6. The summed E-state index contributed by atoms with van der Waals surface area (Å²) >= 11 is 0. The van der Waals surface area contributed by atoms with Crippen LogP contribution in [0, 0.1) is 179 Å². The molecule has 0 bridgehead atoms. The van der Waals surface area contributed by atoms with E-state index in [-0.39, 0.29) is 244 Å². The van der Waals surface area contributed by atoms with E-state index in [0.717, 1.165) is 0 Å². The molecule has 24 heavy (non-hydrogen) atoms. The van der Waals surface area contributed by atoms with Crippen molar-refractivity contribution in [3.05, 3.63) is 0 Å². The first-order valence-electron chi connectivity index (χ1n) is 3.20. The van der Waals surface area contributed by atoms with Crippen LogP contribution in [0.25, 0.3) is 0 Å². The van der Waals surface area contributed by atoms with Crippen LogP contribution in [0.4, 0.5) is 0 Å². The second kappa shape index (κ2) is 38.5. The molecule has 0 aliphatic carbocycles. The van der Waals surface area contributed by atoms with Gasteiger partial charge in [0.15, 0.2) is 0 Å². The van der Waals surface area contributed by atoms with E-state index in [9.17, 15) is 0 Å². The Hall–Kier alpha value is 4.85. The Balaban J connectivity index is -0.0000000179. The van der Waals surface area contributed by atoms with Crippen molar-refractivity contribution < 1.29 is 303 Å². The van der Waals surface area contributed by atoms with Gasteiger partial charge in [-0.15, -0.1) is 0 Å². The van der Waals surface area contributed by atoms with Crippen molar-refractivity contribution in [1.82, 2.24) is 0 Å². The van der Waals surface area contributed by atoms with Crippen LogP contribution >= 0.6 is 0 Å². The van der Waals surface area contributed by atoms with Gasteiger partial charge in [0.1, 0.15) is 0 Å². The fraction of sp³-hybridized carbons (Fsp3) is 0. The van der Waals surface area contributed by atoms with Crippen LogP contribution in [0.3, 0.4) is 0 Å². The van der Waals surface area contributed by atoms with Gasteiger partial charge in [0, 0.05) is 164 Å². The number of hydrogen-bond donors (Lipinski definition) is 0. The van der Waals surface area contributed by atoms with Crippen LogP contribution in [0.1, 0.15) is 0 Å². The Bertz CT molecular complexity index is 301. The number of hydrogen-bond acceptors (Lipinski definition) is 12. The molecule has 0 fully saturated rings. The fourth-order valence-corrected chi connectivity index (χ4v) is 0. The van der Waals surface area contributed by atoms with E-state index in [1.807, 2.05) is 0 Å². The van der Waals surface area contributed by atoms with Gasteiger partial charge in [0.2, 0.25) is 0 Å². The smallest absolute Gasteiger partial charge is 0.543 e. The molecular formula is C6Eu2Gd2O12Y2. The third-order valence-electron chi connectivity index (χ3n) is 0.500. The van der Waals surface area contributed by atoms with Crippen molar-refractivity contribution in [3.8, 4) is 0 Å². The minimum absolute atomic E-state index is 0. The molecule has 0 atom stereocenters. The second-order valence-electron chi connectivity index (χ2n) is 1.72. The maximum Gasteiger partial charge on any atom is 3.00 e. The molecule has 132 valence electrons. The third kappa shape index (κ3) is 63.2. The van der Waals surface area contributed by atoms with E-state index in [1.165, 1.54) is 0 Å². The monoisotopic (exact) mass is 1060 g/mol. The van der Waals surface area contributed by atoms with Gasteiger partial charge in [-0.2, -0.15) is 0 Å². The Morgan fingerprint density at radius 2 is 0.417 bits per heavy atom. The van der Waals surface area contributed by atoms with Gasteiger partial charge in [-0.05, 0) is 0 Å². The zero-order chi connectivity index (χ0) is 15.5. The fourth-order valence-electron chi connectivity index (χ4n) is 0. The van der Waals surface area contributed by atoms with Crippen LogP contribution in [0.5, 0.6) is 0 Å². The van der Waals surface area contributed by atoms with Crippen LogP contribution in [0.15, 0.2) is 0 Å². The number of rotatable bonds is 0. The van der Waals surface area contributed by atoms with E-state index in [0.29, 0.717) is 0 Å². The molecule has 0 heterocycles. The zero-order valence-electron chi connectivity index (χ0n) is 10.5. The average Bonchev–Trinajstić information content (AvgIpc) is 2.18. The van der Waals surface area contributed by atoms with Crippen molar-refractivity contribution in [1.29, 1.82) is 0 Å². The van der Waals surface area contributed by atoms with Gasteiger partial charge in [-0.1, -0.05) is 0 Å².